The standard InChI is InChI=1S/C18H16ClN3O3S/c1-24-13-6-5-10(19)7-12(13)22-15(23)8-25-17-16-11-3-2-4-14(11)26-18(16)21-9-20-17/h5-7,9H,2-4,8H2,1H3,(H,22,23). The summed E-state index contributed by atoms with van der Waals surface area (Å²) in [5.41, 5.74) is 1.76. The highest BCUT2D eigenvalue weighted by Gasteiger charge is 2.22. The van der Waals surface area contributed by atoms with Gasteiger partial charge in [0.1, 0.15) is 16.9 Å². The van der Waals surface area contributed by atoms with Crippen molar-refractivity contribution in [1.82, 2.24) is 9.97 Å². The smallest absolute Gasteiger partial charge is 0.262 e. The summed E-state index contributed by atoms with van der Waals surface area (Å²) in [4.78, 5) is 23.1. The van der Waals surface area contributed by atoms with Gasteiger partial charge in [-0.3, -0.25) is 4.79 Å². The van der Waals surface area contributed by atoms with Gasteiger partial charge in [-0.25, -0.2) is 9.97 Å². The molecular formula is C18H16ClN3O3S. The van der Waals surface area contributed by atoms with E-state index in [-0.39, 0.29) is 12.5 Å². The summed E-state index contributed by atoms with van der Waals surface area (Å²) >= 11 is 7.66. The van der Waals surface area contributed by atoms with Crippen LogP contribution in [-0.2, 0) is 17.6 Å². The Morgan fingerprint density at radius 2 is 2.23 bits per heavy atom. The topological polar surface area (TPSA) is 73.3 Å². The number of aryl methyl sites for hydroxylation is 2. The number of methoxy groups -OCH3 is 1. The first kappa shape index (κ1) is 17.1. The summed E-state index contributed by atoms with van der Waals surface area (Å²) in [7, 11) is 1.53. The molecule has 26 heavy (non-hydrogen) atoms. The molecule has 0 spiro atoms. The molecule has 1 amide bonds. The van der Waals surface area contributed by atoms with Crippen molar-refractivity contribution >= 4 is 44.7 Å². The molecule has 0 radical (unpaired) electrons. The minimum Gasteiger partial charge on any atom is -0.495 e. The van der Waals surface area contributed by atoms with Gasteiger partial charge in [-0.1, -0.05) is 11.6 Å². The summed E-state index contributed by atoms with van der Waals surface area (Å²) in [5, 5.41) is 4.20. The maximum Gasteiger partial charge on any atom is 0.262 e. The Kier molecular flexibility index (Phi) is 4.65. The van der Waals surface area contributed by atoms with Gasteiger partial charge in [0, 0.05) is 9.90 Å². The van der Waals surface area contributed by atoms with E-state index in [2.05, 4.69) is 15.3 Å². The van der Waals surface area contributed by atoms with Gasteiger partial charge in [0.25, 0.3) is 5.91 Å². The number of thiophene rings is 1. The summed E-state index contributed by atoms with van der Waals surface area (Å²) in [6.07, 6.45) is 4.69. The number of fused-ring (bicyclic) bond motifs is 3. The lowest BCUT2D eigenvalue weighted by atomic mass is 10.2. The zero-order valence-electron chi connectivity index (χ0n) is 14.0. The van der Waals surface area contributed by atoms with Crippen LogP contribution < -0.4 is 14.8 Å². The molecule has 0 fully saturated rings. The van der Waals surface area contributed by atoms with E-state index < -0.39 is 0 Å². The van der Waals surface area contributed by atoms with Crippen LogP contribution in [0.2, 0.25) is 5.02 Å². The van der Waals surface area contributed by atoms with Gasteiger partial charge in [0.2, 0.25) is 5.88 Å². The van der Waals surface area contributed by atoms with Gasteiger partial charge in [-0.15, -0.1) is 11.3 Å². The second-order valence-corrected chi connectivity index (χ2v) is 7.42. The molecule has 1 N–H and O–H groups in total. The van der Waals surface area contributed by atoms with Crippen LogP contribution in [0.5, 0.6) is 11.6 Å². The fourth-order valence-electron chi connectivity index (χ4n) is 3.11. The van der Waals surface area contributed by atoms with E-state index in [4.69, 9.17) is 21.1 Å². The van der Waals surface area contributed by atoms with Gasteiger partial charge < -0.3 is 14.8 Å². The van der Waals surface area contributed by atoms with Crippen LogP contribution >= 0.6 is 22.9 Å². The Bertz CT molecular complexity index is 989. The van der Waals surface area contributed by atoms with Crippen molar-refractivity contribution in [3.05, 3.63) is 40.0 Å². The third-order valence-electron chi connectivity index (χ3n) is 4.24. The summed E-state index contributed by atoms with van der Waals surface area (Å²) < 4.78 is 10.9. The van der Waals surface area contributed by atoms with Crippen LogP contribution in [0.4, 0.5) is 5.69 Å². The van der Waals surface area contributed by atoms with Crippen LogP contribution in [0.1, 0.15) is 16.9 Å². The molecule has 4 rings (SSSR count). The van der Waals surface area contributed by atoms with Crippen LogP contribution in [0.3, 0.4) is 0 Å². The zero-order chi connectivity index (χ0) is 18.1. The lowest BCUT2D eigenvalue weighted by Crippen LogP contribution is -2.21. The molecule has 1 aliphatic carbocycles. The van der Waals surface area contributed by atoms with Crippen LogP contribution in [0.15, 0.2) is 24.5 Å². The Balaban J connectivity index is 1.50. The van der Waals surface area contributed by atoms with E-state index in [0.29, 0.717) is 22.3 Å². The minimum atomic E-state index is -0.316. The average molecular weight is 390 g/mol. The molecular weight excluding hydrogens is 374 g/mol. The molecule has 0 saturated heterocycles. The second kappa shape index (κ2) is 7.09. The van der Waals surface area contributed by atoms with E-state index in [1.54, 1.807) is 29.5 Å². The highest BCUT2D eigenvalue weighted by Crippen LogP contribution is 2.39. The number of hydrogen-bond donors (Lipinski definition) is 1. The Morgan fingerprint density at radius 3 is 3.08 bits per heavy atom. The molecule has 3 aromatic rings. The number of carbonyl (C=O) groups excluding carboxylic acids is 1. The number of amides is 1. The van der Waals surface area contributed by atoms with Gasteiger partial charge in [0.15, 0.2) is 6.61 Å². The van der Waals surface area contributed by atoms with Gasteiger partial charge in [0.05, 0.1) is 18.2 Å². The fourth-order valence-corrected chi connectivity index (χ4v) is 4.50. The summed E-state index contributed by atoms with van der Waals surface area (Å²) in [5.74, 6) is 0.676. The second-order valence-electron chi connectivity index (χ2n) is 5.90. The minimum absolute atomic E-state index is 0.160. The molecule has 134 valence electrons. The Hall–Kier alpha value is -2.38. The molecule has 2 heterocycles. The van der Waals surface area contributed by atoms with Crippen molar-refractivity contribution in [1.29, 1.82) is 0 Å². The molecule has 2 aromatic heterocycles. The number of halogens is 1. The van der Waals surface area contributed by atoms with Crippen LogP contribution in [-0.4, -0.2) is 29.6 Å². The highest BCUT2D eigenvalue weighted by atomic mass is 35.5. The SMILES string of the molecule is COc1ccc(Cl)cc1NC(=O)COc1ncnc2sc3c(c12)CCC3. The monoisotopic (exact) mass is 389 g/mol. The number of carbonyl (C=O) groups is 1. The molecule has 8 heteroatoms. The number of anilines is 1. The molecule has 0 atom stereocenters. The van der Waals surface area contributed by atoms with Crippen molar-refractivity contribution in [2.75, 3.05) is 19.0 Å². The van der Waals surface area contributed by atoms with E-state index in [0.717, 1.165) is 29.5 Å². The number of ether oxygens (including phenoxy) is 2. The third kappa shape index (κ3) is 3.20. The van der Waals surface area contributed by atoms with Crippen molar-refractivity contribution in [3.8, 4) is 11.6 Å². The number of nitrogens with zero attached hydrogens (tertiary/aromatic N) is 2. The van der Waals surface area contributed by atoms with E-state index >= 15 is 0 Å². The maximum atomic E-state index is 12.3. The van der Waals surface area contributed by atoms with Gasteiger partial charge >= 0.3 is 0 Å². The number of nitrogens with one attached hydrogen (secondary N) is 1. The summed E-state index contributed by atoms with van der Waals surface area (Å²) in [6.45, 7) is -0.160. The maximum absolute atomic E-state index is 12.3. The Labute approximate surface area is 159 Å². The zero-order valence-corrected chi connectivity index (χ0v) is 15.6. The fraction of sp³-hybridized carbons (Fsp3) is 0.278. The molecule has 0 saturated carbocycles. The molecule has 0 aliphatic heterocycles. The largest absolute Gasteiger partial charge is 0.495 e. The number of rotatable bonds is 5. The van der Waals surface area contributed by atoms with Crippen molar-refractivity contribution < 1.29 is 14.3 Å². The van der Waals surface area contributed by atoms with Crippen molar-refractivity contribution in [2.24, 2.45) is 0 Å². The Morgan fingerprint density at radius 1 is 1.35 bits per heavy atom. The van der Waals surface area contributed by atoms with Crippen molar-refractivity contribution in [2.45, 2.75) is 19.3 Å². The lowest BCUT2D eigenvalue weighted by Gasteiger charge is -2.11. The predicted octanol–water partition coefficient (Wildman–Crippen LogP) is 3.86. The average Bonchev–Trinajstić information content (AvgIpc) is 3.21. The molecule has 0 unspecified atom stereocenters. The van der Waals surface area contributed by atoms with Crippen LogP contribution in [0.25, 0.3) is 10.2 Å². The lowest BCUT2D eigenvalue weighted by molar-refractivity contribution is -0.118. The number of aromatic nitrogens is 2. The molecule has 0 bridgehead atoms. The first-order chi connectivity index (χ1) is 12.7. The van der Waals surface area contributed by atoms with E-state index in [9.17, 15) is 4.79 Å². The number of hydrogen-bond acceptors (Lipinski definition) is 6. The van der Waals surface area contributed by atoms with Crippen molar-refractivity contribution in [3.63, 3.8) is 0 Å². The third-order valence-corrected chi connectivity index (χ3v) is 5.68. The normalized spacial score (nSPS) is 12.8. The first-order valence-electron chi connectivity index (χ1n) is 8.17. The number of benzene rings is 1. The quantitative estimate of drug-likeness (QED) is 0.717. The first-order valence-corrected chi connectivity index (χ1v) is 9.36. The van der Waals surface area contributed by atoms with E-state index in [1.165, 1.54) is 23.9 Å². The van der Waals surface area contributed by atoms with E-state index in [1.807, 2.05) is 0 Å². The van der Waals surface area contributed by atoms with Gasteiger partial charge in [-0.2, -0.15) is 0 Å². The molecule has 6 nitrogen and oxygen atoms in total. The van der Waals surface area contributed by atoms with Crippen LogP contribution in [0, 0.1) is 0 Å². The predicted molar refractivity (Wildman–Crippen MR) is 102 cm³/mol. The molecule has 1 aromatic carbocycles. The van der Waals surface area contributed by atoms with Gasteiger partial charge in [-0.05, 0) is 43.0 Å². The highest BCUT2D eigenvalue weighted by molar-refractivity contribution is 7.18. The molecule has 1 aliphatic rings. The summed E-state index contributed by atoms with van der Waals surface area (Å²) in [6, 6.07) is 5.02.